The summed E-state index contributed by atoms with van der Waals surface area (Å²) in [5, 5.41) is 22.4. The first-order valence-electron chi connectivity index (χ1n) is 7.76. The third-order valence-electron chi connectivity index (χ3n) is 3.35. The van der Waals surface area contributed by atoms with E-state index in [4.69, 9.17) is 15.9 Å². The number of hydrogen-bond donors (Lipinski definition) is 5. The fourth-order valence-electron chi connectivity index (χ4n) is 1.92. The summed E-state index contributed by atoms with van der Waals surface area (Å²) in [6.45, 7) is 7.19. The van der Waals surface area contributed by atoms with Crippen LogP contribution in [0.1, 0.15) is 40.5 Å². The highest BCUT2D eigenvalue weighted by Crippen LogP contribution is 2.08. The number of hydrogen-bond acceptors (Lipinski definition) is 5. The fraction of sp³-hybridized carbons (Fsp3) is 0.733. The van der Waals surface area contributed by atoms with Gasteiger partial charge >= 0.3 is 11.9 Å². The Morgan fingerprint density at radius 2 is 1.42 bits per heavy atom. The SMILES string of the molecule is CC(C)CC(NC(=O)C(N)C(C)C)C(=O)NC(CC(=O)O)C(=O)O. The van der Waals surface area contributed by atoms with E-state index in [1.807, 2.05) is 13.8 Å². The minimum atomic E-state index is -1.57. The van der Waals surface area contributed by atoms with Gasteiger partial charge in [0, 0.05) is 0 Å². The molecule has 0 saturated carbocycles. The van der Waals surface area contributed by atoms with Crippen molar-refractivity contribution in [3.8, 4) is 0 Å². The first kappa shape index (κ1) is 21.8. The third kappa shape index (κ3) is 7.91. The van der Waals surface area contributed by atoms with Gasteiger partial charge in [-0.15, -0.1) is 0 Å². The molecule has 0 bridgehead atoms. The number of carboxylic acid groups (broad SMARTS) is 2. The standard InChI is InChI=1S/C15H27N3O6/c1-7(2)5-9(17-14(22)12(16)8(3)4)13(21)18-10(15(23)24)6-11(19)20/h7-10,12H,5-6,16H2,1-4H3,(H,17,22)(H,18,21)(H,19,20)(H,23,24). The minimum Gasteiger partial charge on any atom is -0.481 e. The summed E-state index contributed by atoms with van der Waals surface area (Å²) in [6, 6.07) is -3.36. The molecular weight excluding hydrogens is 318 g/mol. The summed E-state index contributed by atoms with van der Waals surface area (Å²) in [7, 11) is 0. The van der Waals surface area contributed by atoms with Crippen molar-refractivity contribution in [3.05, 3.63) is 0 Å². The van der Waals surface area contributed by atoms with Gasteiger partial charge in [0.25, 0.3) is 0 Å². The molecule has 0 heterocycles. The summed E-state index contributed by atoms with van der Waals surface area (Å²) in [5.74, 6) is -4.17. The topological polar surface area (TPSA) is 159 Å². The molecule has 9 nitrogen and oxygen atoms in total. The van der Waals surface area contributed by atoms with Crippen LogP contribution in [-0.2, 0) is 19.2 Å². The molecule has 0 aromatic rings. The smallest absolute Gasteiger partial charge is 0.326 e. The highest BCUT2D eigenvalue weighted by Gasteiger charge is 2.30. The van der Waals surface area contributed by atoms with E-state index < -0.39 is 48.3 Å². The van der Waals surface area contributed by atoms with Gasteiger partial charge in [-0.25, -0.2) is 4.79 Å². The van der Waals surface area contributed by atoms with Gasteiger partial charge in [-0.05, 0) is 18.3 Å². The second kappa shape index (κ2) is 9.86. The number of carbonyl (C=O) groups is 4. The molecule has 0 rings (SSSR count). The molecule has 9 heteroatoms. The number of carbonyl (C=O) groups excluding carboxylic acids is 2. The zero-order valence-corrected chi connectivity index (χ0v) is 14.4. The van der Waals surface area contributed by atoms with Crippen LogP contribution in [0.3, 0.4) is 0 Å². The maximum absolute atomic E-state index is 12.3. The van der Waals surface area contributed by atoms with Gasteiger partial charge in [0.1, 0.15) is 12.1 Å². The Kier molecular flexibility index (Phi) is 8.97. The maximum Gasteiger partial charge on any atom is 0.326 e. The zero-order chi connectivity index (χ0) is 19.0. The number of nitrogens with one attached hydrogen (secondary N) is 2. The van der Waals surface area contributed by atoms with E-state index in [0.29, 0.717) is 0 Å². The Labute approximate surface area is 141 Å². The molecule has 0 aromatic carbocycles. The second-order valence-electron chi connectivity index (χ2n) is 6.46. The molecule has 0 aliphatic carbocycles. The van der Waals surface area contributed by atoms with E-state index in [-0.39, 0.29) is 18.3 Å². The summed E-state index contributed by atoms with van der Waals surface area (Å²) in [5.41, 5.74) is 5.74. The first-order chi connectivity index (χ1) is 11.0. The second-order valence-corrected chi connectivity index (χ2v) is 6.46. The zero-order valence-electron chi connectivity index (χ0n) is 14.4. The van der Waals surface area contributed by atoms with Crippen LogP contribution in [0, 0.1) is 11.8 Å². The van der Waals surface area contributed by atoms with Crippen molar-refractivity contribution < 1.29 is 29.4 Å². The Bertz CT molecular complexity index is 478. The summed E-state index contributed by atoms with van der Waals surface area (Å²) in [6.07, 6.45) is -0.489. The molecule has 3 unspecified atom stereocenters. The average molecular weight is 345 g/mol. The number of nitrogens with two attached hydrogens (primary N) is 1. The number of amides is 2. The summed E-state index contributed by atoms with van der Waals surface area (Å²) >= 11 is 0. The quantitative estimate of drug-likeness (QED) is 0.358. The monoisotopic (exact) mass is 345 g/mol. The van der Waals surface area contributed by atoms with Gasteiger partial charge in [-0.2, -0.15) is 0 Å². The van der Waals surface area contributed by atoms with Crippen molar-refractivity contribution in [3.63, 3.8) is 0 Å². The lowest BCUT2D eigenvalue weighted by Gasteiger charge is -2.24. The van der Waals surface area contributed by atoms with E-state index in [2.05, 4.69) is 10.6 Å². The van der Waals surface area contributed by atoms with Crippen molar-refractivity contribution in [2.24, 2.45) is 17.6 Å². The molecular formula is C15H27N3O6. The van der Waals surface area contributed by atoms with Crippen molar-refractivity contribution in [2.75, 3.05) is 0 Å². The van der Waals surface area contributed by atoms with Gasteiger partial charge in [0.05, 0.1) is 12.5 Å². The van der Waals surface area contributed by atoms with E-state index in [1.54, 1.807) is 13.8 Å². The van der Waals surface area contributed by atoms with Crippen LogP contribution in [0.5, 0.6) is 0 Å². The molecule has 3 atom stereocenters. The molecule has 0 radical (unpaired) electrons. The lowest BCUT2D eigenvalue weighted by atomic mass is 10.00. The van der Waals surface area contributed by atoms with Crippen LogP contribution in [-0.4, -0.2) is 52.1 Å². The molecule has 2 amide bonds. The maximum atomic E-state index is 12.3. The molecule has 0 aliphatic heterocycles. The van der Waals surface area contributed by atoms with Gasteiger partial charge < -0.3 is 26.6 Å². The fourth-order valence-corrected chi connectivity index (χ4v) is 1.92. The van der Waals surface area contributed by atoms with Crippen LogP contribution >= 0.6 is 0 Å². The molecule has 24 heavy (non-hydrogen) atoms. The van der Waals surface area contributed by atoms with Crippen LogP contribution < -0.4 is 16.4 Å². The third-order valence-corrected chi connectivity index (χ3v) is 3.35. The Hall–Kier alpha value is -2.16. The largest absolute Gasteiger partial charge is 0.481 e. The van der Waals surface area contributed by atoms with E-state index >= 15 is 0 Å². The Morgan fingerprint density at radius 1 is 0.917 bits per heavy atom. The molecule has 138 valence electrons. The Morgan fingerprint density at radius 3 is 1.79 bits per heavy atom. The normalized spacial score (nSPS) is 14.8. The molecule has 0 aliphatic rings. The van der Waals surface area contributed by atoms with Gasteiger partial charge in [0.2, 0.25) is 11.8 Å². The Balaban J connectivity index is 5.08. The van der Waals surface area contributed by atoms with Gasteiger partial charge in [-0.1, -0.05) is 27.7 Å². The van der Waals surface area contributed by atoms with E-state index in [0.717, 1.165) is 0 Å². The minimum absolute atomic E-state index is 0.0408. The molecule has 0 spiro atoms. The van der Waals surface area contributed by atoms with Crippen molar-refractivity contribution in [1.29, 1.82) is 0 Å². The summed E-state index contributed by atoms with van der Waals surface area (Å²) in [4.78, 5) is 46.1. The lowest BCUT2D eigenvalue weighted by Crippen LogP contribution is -2.55. The van der Waals surface area contributed by atoms with Gasteiger partial charge in [-0.3, -0.25) is 14.4 Å². The predicted octanol–water partition coefficient (Wildman–Crippen LogP) is -0.455. The van der Waals surface area contributed by atoms with Gasteiger partial charge in [0.15, 0.2) is 0 Å². The van der Waals surface area contributed by atoms with Crippen LogP contribution in [0.4, 0.5) is 0 Å². The van der Waals surface area contributed by atoms with E-state index in [9.17, 15) is 19.2 Å². The molecule has 6 N–H and O–H groups in total. The first-order valence-corrected chi connectivity index (χ1v) is 7.76. The van der Waals surface area contributed by atoms with Crippen LogP contribution in [0.25, 0.3) is 0 Å². The number of aliphatic carboxylic acids is 2. The lowest BCUT2D eigenvalue weighted by molar-refractivity contribution is -0.147. The molecule has 0 aromatic heterocycles. The number of rotatable bonds is 10. The van der Waals surface area contributed by atoms with Crippen LogP contribution in [0.15, 0.2) is 0 Å². The summed E-state index contributed by atoms with van der Waals surface area (Å²) < 4.78 is 0. The highest BCUT2D eigenvalue weighted by atomic mass is 16.4. The highest BCUT2D eigenvalue weighted by molar-refractivity contribution is 5.92. The molecule has 0 saturated heterocycles. The predicted molar refractivity (Wildman–Crippen MR) is 86.0 cm³/mol. The van der Waals surface area contributed by atoms with Crippen LogP contribution in [0.2, 0.25) is 0 Å². The van der Waals surface area contributed by atoms with E-state index in [1.165, 1.54) is 0 Å². The van der Waals surface area contributed by atoms with Crippen molar-refractivity contribution in [2.45, 2.75) is 58.7 Å². The van der Waals surface area contributed by atoms with Crippen molar-refractivity contribution >= 4 is 23.8 Å². The molecule has 0 fully saturated rings. The van der Waals surface area contributed by atoms with Crippen molar-refractivity contribution in [1.82, 2.24) is 10.6 Å². The number of carboxylic acids is 2. The average Bonchev–Trinajstić information content (AvgIpc) is 2.43.